The number of aromatic nitrogens is 1. The van der Waals surface area contributed by atoms with E-state index in [0.29, 0.717) is 0 Å². The summed E-state index contributed by atoms with van der Waals surface area (Å²) in [7, 11) is 3.71. The van der Waals surface area contributed by atoms with Crippen LogP contribution in [0.4, 0.5) is 5.82 Å². The third-order valence-corrected chi connectivity index (χ3v) is 3.17. The zero-order valence-electron chi connectivity index (χ0n) is 10.4. The van der Waals surface area contributed by atoms with Crippen molar-refractivity contribution in [1.29, 1.82) is 0 Å². The van der Waals surface area contributed by atoms with Crippen LogP contribution in [0.15, 0.2) is 47.1 Å². The standard InChI is InChI=1S/C14H15BrN2O/c1-17(14-8-7-12(15)9-16-14)10-11-5-3-4-6-13(11)18-2/h3-9H,10H2,1-2H3. The zero-order chi connectivity index (χ0) is 13.0. The van der Waals surface area contributed by atoms with Gasteiger partial charge in [0.1, 0.15) is 11.6 Å². The Hall–Kier alpha value is -1.55. The zero-order valence-corrected chi connectivity index (χ0v) is 12.0. The molecule has 94 valence electrons. The molecule has 0 saturated heterocycles. The molecule has 0 aliphatic rings. The number of ether oxygens (including phenoxy) is 1. The number of pyridine rings is 1. The Morgan fingerprint density at radius 1 is 1.22 bits per heavy atom. The molecule has 1 heterocycles. The Morgan fingerprint density at radius 2 is 2.00 bits per heavy atom. The highest BCUT2D eigenvalue weighted by Gasteiger charge is 2.07. The van der Waals surface area contributed by atoms with E-state index in [2.05, 4.69) is 31.9 Å². The van der Waals surface area contributed by atoms with E-state index >= 15 is 0 Å². The summed E-state index contributed by atoms with van der Waals surface area (Å²) in [6, 6.07) is 12.0. The highest BCUT2D eigenvalue weighted by atomic mass is 79.9. The van der Waals surface area contributed by atoms with Crippen LogP contribution in [-0.2, 0) is 6.54 Å². The van der Waals surface area contributed by atoms with Crippen LogP contribution in [-0.4, -0.2) is 19.1 Å². The number of nitrogens with zero attached hydrogens (tertiary/aromatic N) is 2. The molecule has 3 nitrogen and oxygen atoms in total. The van der Waals surface area contributed by atoms with Crippen LogP contribution in [0.25, 0.3) is 0 Å². The quantitative estimate of drug-likeness (QED) is 0.864. The minimum atomic E-state index is 0.763. The molecule has 2 rings (SSSR count). The van der Waals surface area contributed by atoms with E-state index in [9.17, 15) is 0 Å². The van der Waals surface area contributed by atoms with Crippen molar-refractivity contribution < 1.29 is 4.74 Å². The molecule has 2 aromatic rings. The van der Waals surface area contributed by atoms with Crippen LogP contribution in [0.3, 0.4) is 0 Å². The van der Waals surface area contributed by atoms with E-state index in [-0.39, 0.29) is 0 Å². The van der Waals surface area contributed by atoms with Crippen molar-refractivity contribution in [2.24, 2.45) is 0 Å². The van der Waals surface area contributed by atoms with Gasteiger partial charge in [-0.2, -0.15) is 0 Å². The van der Waals surface area contributed by atoms with Crippen LogP contribution in [0, 0.1) is 0 Å². The summed E-state index contributed by atoms with van der Waals surface area (Å²) in [5.41, 5.74) is 1.15. The average Bonchev–Trinajstić information content (AvgIpc) is 2.40. The Labute approximate surface area is 116 Å². The van der Waals surface area contributed by atoms with Crippen LogP contribution < -0.4 is 9.64 Å². The summed E-state index contributed by atoms with van der Waals surface area (Å²) in [4.78, 5) is 6.46. The molecule has 0 saturated carbocycles. The molecule has 18 heavy (non-hydrogen) atoms. The van der Waals surface area contributed by atoms with Gasteiger partial charge in [0.25, 0.3) is 0 Å². The molecule has 0 aliphatic heterocycles. The van der Waals surface area contributed by atoms with Gasteiger partial charge in [-0.1, -0.05) is 18.2 Å². The summed E-state index contributed by atoms with van der Waals surface area (Å²) < 4.78 is 6.33. The second-order valence-electron chi connectivity index (χ2n) is 4.00. The van der Waals surface area contributed by atoms with Crippen LogP contribution >= 0.6 is 15.9 Å². The molecule has 4 heteroatoms. The van der Waals surface area contributed by atoms with E-state index < -0.39 is 0 Å². The Kier molecular flexibility index (Phi) is 4.20. The second-order valence-corrected chi connectivity index (χ2v) is 4.92. The lowest BCUT2D eigenvalue weighted by atomic mass is 10.2. The number of hydrogen-bond acceptors (Lipinski definition) is 3. The van der Waals surface area contributed by atoms with Gasteiger partial charge >= 0.3 is 0 Å². The molecule has 1 aromatic carbocycles. The first-order chi connectivity index (χ1) is 8.70. The molecule has 1 aromatic heterocycles. The molecular weight excluding hydrogens is 292 g/mol. The number of para-hydroxylation sites is 1. The molecular formula is C14H15BrN2O. The predicted octanol–water partition coefficient (Wildman–Crippen LogP) is 3.49. The third kappa shape index (κ3) is 3.01. The number of anilines is 1. The van der Waals surface area contributed by atoms with Gasteiger partial charge in [0.15, 0.2) is 0 Å². The molecule has 0 radical (unpaired) electrons. The largest absolute Gasteiger partial charge is 0.496 e. The second kappa shape index (κ2) is 5.87. The molecule has 0 atom stereocenters. The summed E-state index contributed by atoms with van der Waals surface area (Å²) >= 11 is 3.38. The number of rotatable bonds is 4. The number of hydrogen-bond donors (Lipinski definition) is 0. The topological polar surface area (TPSA) is 25.4 Å². The van der Waals surface area contributed by atoms with Gasteiger partial charge in [-0.3, -0.25) is 0 Å². The van der Waals surface area contributed by atoms with Gasteiger partial charge in [0.2, 0.25) is 0 Å². The normalized spacial score (nSPS) is 10.2. The fourth-order valence-corrected chi connectivity index (χ4v) is 2.00. The summed E-state index contributed by atoms with van der Waals surface area (Å²) in [5.74, 6) is 1.84. The fraction of sp³-hybridized carbons (Fsp3) is 0.214. The summed E-state index contributed by atoms with van der Waals surface area (Å²) in [6.45, 7) is 0.763. The third-order valence-electron chi connectivity index (χ3n) is 2.70. The first-order valence-corrected chi connectivity index (χ1v) is 6.44. The van der Waals surface area contributed by atoms with Gasteiger partial charge in [0.05, 0.1) is 7.11 Å². The SMILES string of the molecule is COc1ccccc1CN(C)c1ccc(Br)cn1. The van der Waals surface area contributed by atoms with Crippen molar-refractivity contribution in [3.05, 3.63) is 52.6 Å². The molecule has 0 unspecified atom stereocenters. The van der Waals surface area contributed by atoms with E-state index in [1.165, 1.54) is 0 Å². The van der Waals surface area contributed by atoms with E-state index in [0.717, 1.165) is 28.1 Å². The van der Waals surface area contributed by atoms with Crippen molar-refractivity contribution in [3.8, 4) is 5.75 Å². The first-order valence-electron chi connectivity index (χ1n) is 5.65. The number of halogens is 1. The van der Waals surface area contributed by atoms with Gasteiger partial charge in [-0.05, 0) is 34.1 Å². The smallest absolute Gasteiger partial charge is 0.128 e. The van der Waals surface area contributed by atoms with Crippen molar-refractivity contribution in [3.63, 3.8) is 0 Å². The molecule has 0 amide bonds. The summed E-state index contributed by atoms with van der Waals surface area (Å²) in [6.07, 6.45) is 1.80. The lowest BCUT2D eigenvalue weighted by Gasteiger charge is -2.19. The van der Waals surface area contributed by atoms with Crippen molar-refractivity contribution in [1.82, 2.24) is 4.98 Å². The van der Waals surface area contributed by atoms with E-state index in [1.54, 1.807) is 13.3 Å². The van der Waals surface area contributed by atoms with Gasteiger partial charge in [-0.15, -0.1) is 0 Å². The maximum atomic E-state index is 5.35. The summed E-state index contributed by atoms with van der Waals surface area (Å²) in [5, 5.41) is 0. The van der Waals surface area contributed by atoms with Crippen molar-refractivity contribution in [2.75, 3.05) is 19.1 Å². The molecule has 0 N–H and O–H groups in total. The van der Waals surface area contributed by atoms with Crippen LogP contribution in [0.1, 0.15) is 5.56 Å². The molecule has 0 fully saturated rings. The monoisotopic (exact) mass is 306 g/mol. The van der Waals surface area contributed by atoms with Gasteiger partial charge in [0, 0.05) is 29.8 Å². The number of benzene rings is 1. The highest BCUT2D eigenvalue weighted by Crippen LogP contribution is 2.21. The van der Waals surface area contributed by atoms with Crippen LogP contribution in [0.5, 0.6) is 5.75 Å². The maximum Gasteiger partial charge on any atom is 0.128 e. The molecule has 0 aliphatic carbocycles. The minimum absolute atomic E-state index is 0.763. The Bertz CT molecular complexity index is 513. The minimum Gasteiger partial charge on any atom is -0.496 e. The fourth-order valence-electron chi connectivity index (χ4n) is 1.76. The predicted molar refractivity (Wildman–Crippen MR) is 77.0 cm³/mol. The lowest BCUT2D eigenvalue weighted by Crippen LogP contribution is -2.17. The first kappa shape index (κ1) is 12.9. The molecule has 0 spiro atoms. The van der Waals surface area contributed by atoms with Gasteiger partial charge < -0.3 is 9.64 Å². The average molecular weight is 307 g/mol. The van der Waals surface area contributed by atoms with E-state index in [4.69, 9.17) is 4.74 Å². The van der Waals surface area contributed by atoms with Gasteiger partial charge in [-0.25, -0.2) is 4.98 Å². The molecule has 0 bridgehead atoms. The number of methoxy groups -OCH3 is 1. The van der Waals surface area contributed by atoms with E-state index in [1.807, 2.05) is 37.4 Å². The van der Waals surface area contributed by atoms with Crippen LogP contribution in [0.2, 0.25) is 0 Å². The Balaban J connectivity index is 2.15. The highest BCUT2D eigenvalue weighted by molar-refractivity contribution is 9.10. The maximum absolute atomic E-state index is 5.35. The Morgan fingerprint density at radius 3 is 2.67 bits per heavy atom. The van der Waals surface area contributed by atoms with Crippen molar-refractivity contribution in [2.45, 2.75) is 6.54 Å². The lowest BCUT2D eigenvalue weighted by molar-refractivity contribution is 0.409. The van der Waals surface area contributed by atoms with Crippen molar-refractivity contribution >= 4 is 21.7 Å².